The molecular formula is C26H32O6. The summed E-state index contributed by atoms with van der Waals surface area (Å²) in [4.78, 5) is 12.7. The van der Waals surface area contributed by atoms with Crippen LogP contribution in [0.5, 0.6) is 23.0 Å². The summed E-state index contributed by atoms with van der Waals surface area (Å²) in [5.41, 5.74) is 2.31. The highest BCUT2D eigenvalue weighted by Gasteiger charge is 2.32. The number of rotatable bonds is 7. The van der Waals surface area contributed by atoms with Gasteiger partial charge in [-0.2, -0.15) is 0 Å². The molecule has 6 heteroatoms. The topological polar surface area (TPSA) is 107 Å². The van der Waals surface area contributed by atoms with Crippen molar-refractivity contribution in [1.29, 1.82) is 0 Å². The molecule has 0 spiro atoms. The molecule has 0 aromatic heterocycles. The molecule has 3 rings (SSSR count). The first-order valence-corrected chi connectivity index (χ1v) is 10.9. The molecule has 1 aliphatic rings. The van der Waals surface area contributed by atoms with E-state index in [0.29, 0.717) is 6.42 Å². The molecule has 1 aliphatic heterocycles. The summed E-state index contributed by atoms with van der Waals surface area (Å²) >= 11 is 0. The second kappa shape index (κ2) is 9.25. The van der Waals surface area contributed by atoms with Crippen LogP contribution in [0.15, 0.2) is 35.9 Å². The van der Waals surface area contributed by atoms with Gasteiger partial charge in [0.2, 0.25) is 0 Å². The molecule has 0 saturated heterocycles. The van der Waals surface area contributed by atoms with Crippen molar-refractivity contribution in [2.45, 2.75) is 71.5 Å². The van der Waals surface area contributed by atoms with E-state index in [4.69, 9.17) is 4.74 Å². The molecule has 0 radical (unpaired) electrons. The zero-order chi connectivity index (χ0) is 23.6. The standard InChI is InChI=1S/C26H32O6/c1-15(6-5-11-26(3,4)31)7-8-17-12-18(9-10-19(17)27)22-14-21(29)24-23(32-22)13-20(28)16(2)25(24)30/h7,9-10,12-13,22,27-28,30-31H,5-6,8,11,14H2,1-4H3/t22-/m0/s1. The van der Waals surface area contributed by atoms with E-state index in [1.54, 1.807) is 26.0 Å². The average molecular weight is 441 g/mol. The first kappa shape index (κ1) is 23.7. The van der Waals surface area contributed by atoms with Crippen LogP contribution in [-0.2, 0) is 6.42 Å². The predicted octanol–water partition coefficient (Wildman–Crippen LogP) is 5.25. The van der Waals surface area contributed by atoms with Crippen LogP contribution in [0, 0.1) is 6.92 Å². The normalized spacial score (nSPS) is 16.6. The average Bonchev–Trinajstić information content (AvgIpc) is 2.70. The summed E-state index contributed by atoms with van der Waals surface area (Å²) in [6, 6.07) is 6.49. The Morgan fingerprint density at radius 3 is 2.59 bits per heavy atom. The van der Waals surface area contributed by atoms with Crippen molar-refractivity contribution in [2.24, 2.45) is 0 Å². The number of phenolic OH excluding ortho intramolecular Hbond substituents is 3. The number of Topliss-reactive ketones (excluding diaryl/α,β-unsaturated/α-hetero) is 1. The molecule has 6 nitrogen and oxygen atoms in total. The predicted molar refractivity (Wildman–Crippen MR) is 123 cm³/mol. The number of fused-ring (bicyclic) bond motifs is 1. The minimum atomic E-state index is -0.671. The third-order valence-electron chi connectivity index (χ3n) is 5.91. The quantitative estimate of drug-likeness (QED) is 0.438. The lowest BCUT2D eigenvalue weighted by atomic mass is 9.92. The Bertz CT molecular complexity index is 1050. The molecule has 2 aromatic rings. The van der Waals surface area contributed by atoms with Gasteiger partial charge in [0, 0.05) is 11.6 Å². The molecule has 0 aliphatic carbocycles. The lowest BCUT2D eigenvalue weighted by molar-refractivity contribution is 0.0689. The minimum Gasteiger partial charge on any atom is -0.508 e. The Labute approximate surface area is 188 Å². The maximum Gasteiger partial charge on any atom is 0.174 e. The van der Waals surface area contributed by atoms with E-state index in [1.165, 1.54) is 18.6 Å². The number of ketones is 1. The Morgan fingerprint density at radius 2 is 1.91 bits per heavy atom. The number of aromatic hydroxyl groups is 3. The first-order chi connectivity index (χ1) is 15.0. The SMILES string of the molecule is CC(=CCc1cc([C@@H]2CC(=O)c3c(cc(O)c(C)c3O)O2)ccc1O)CCCC(C)(C)O. The van der Waals surface area contributed by atoms with Crippen molar-refractivity contribution < 1.29 is 30.0 Å². The molecule has 0 fully saturated rings. The molecule has 172 valence electrons. The van der Waals surface area contributed by atoms with Crippen molar-refractivity contribution in [3.05, 3.63) is 58.2 Å². The first-order valence-electron chi connectivity index (χ1n) is 10.9. The van der Waals surface area contributed by atoms with Gasteiger partial charge in [0.05, 0.1) is 12.0 Å². The van der Waals surface area contributed by atoms with Crippen LogP contribution in [-0.4, -0.2) is 31.8 Å². The van der Waals surface area contributed by atoms with Crippen LogP contribution in [0.1, 0.15) is 79.6 Å². The van der Waals surface area contributed by atoms with Gasteiger partial charge in [0.1, 0.15) is 34.7 Å². The lowest BCUT2D eigenvalue weighted by Crippen LogP contribution is -2.21. The van der Waals surface area contributed by atoms with Crippen LogP contribution >= 0.6 is 0 Å². The summed E-state index contributed by atoms with van der Waals surface area (Å²) in [5.74, 6) is -0.313. The molecule has 0 saturated carbocycles. The van der Waals surface area contributed by atoms with Crippen LogP contribution in [0.2, 0.25) is 0 Å². The number of carbonyl (C=O) groups is 1. The molecule has 1 atom stereocenters. The number of hydrogen-bond acceptors (Lipinski definition) is 6. The van der Waals surface area contributed by atoms with E-state index >= 15 is 0 Å². The van der Waals surface area contributed by atoms with Crippen molar-refractivity contribution in [3.63, 3.8) is 0 Å². The third kappa shape index (κ3) is 5.43. The van der Waals surface area contributed by atoms with Crippen molar-refractivity contribution >= 4 is 5.78 Å². The second-order valence-electron chi connectivity index (χ2n) is 9.28. The van der Waals surface area contributed by atoms with E-state index in [9.17, 15) is 25.2 Å². The summed E-state index contributed by atoms with van der Waals surface area (Å²) < 4.78 is 5.95. The number of phenols is 3. The van der Waals surface area contributed by atoms with Gasteiger partial charge in [-0.05, 0) is 76.6 Å². The third-order valence-corrected chi connectivity index (χ3v) is 5.91. The zero-order valence-corrected chi connectivity index (χ0v) is 19.1. The van der Waals surface area contributed by atoms with Gasteiger partial charge in [-0.25, -0.2) is 0 Å². The largest absolute Gasteiger partial charge is 0.508 e. The van der Waals surface area contributed by atoms with Gasteiger partial charge in [0.25, 0.3) is 0 Å². The number of benzene rings is 2. The van der Waals surface area contributed by atoms with E-state index in [1.807, 2.05) is 13.0 Å². The van der Waals surface area contributed by atoms with E-state index in [-0.39, 0.29) is 46.3 Å². The summed E-state index contributed by atoms with van der Waals surface area (Å²) in [5, 5.41) is 40.4. The zero-order valence-electron chi connectivity index (χ0n) is 19.1. The number of hydrogen-bond donors (Lipinski definition) is 4. The molecule has 0 bridgehead atoms. The molecule has 4 N–H and O–H groups in total. The number of aliphatic hydroxyl groups is 1. The lowest BCUT2D eigenvalue weighted by Gasteiger charge is -2.27. The van der Waals surface area contributed by atoms with Crippen LogP contribution in [0.3, 0.4) is 0 Å². The van der Waals surface area contributed by atoms with Gasteiger partial charge >= 0.3 is 0 Å². The van der Waals surface area contributed by atoms with Gasteiger partial charge < -0.3 is 25.2 Å². The molecular weight excluding hydrogens is 408 g/mol. The molecule has 32 heavy (non-hydrogen) atoms. The number of ether oxygens (including phenoxy) is 1. The fourth-order valence-electron chi connectivity index (χ4n) is 3.90. The fourth-order valence-corrected chi connectivity index (χ4v) is 3.90. The highest BCUT2D eigenvalue weighted by atomic mass is 16.5. The Hall–Kier alpha value is -2.99. The second-order valence-corrected chi connectivity index (χ2v) is 9.28. The fraction of sp³-hybridized carbons (Fsp3) is 0.423. The number of allylic oxidation sites excluding steroid dienone is 2. The van der Waals surface area contributed by atoms with Gasteiger partial charge in [0.15, 0.2) is 5.78 Å². The van der Waals surface area contributed by atoms with Crippen molar-refractivity contribution in [3.8, 4) is 23.0 Å². The van der Waals surface area contributed by atoms with Gasteiger partial charge in [-0.3, -0.25) is 4.79 Å². The summed E-state index contributed by atoms with van der Waals surface area (Å²) in [7, 11) is 0. The van der Waals surface area contributed by atoms with Gasteiger partial charge in [-0.1, -0.05) is 17.7 Å². The van der Waals surface area contributed by atoms with E-state index in [0.717, 1.165) is 30.4 Å². The van der Waals surface area contributed by atoms with Crippen LogP contribution in [0.25, 0.3) is 0 Å². The highest BCUT2D eigenvalue weighted by molar-refractivity contribution is 6.03. The molecule has 1 heterocycles. The highest BCUT2D eigenvalue weighted by Crippen LogP contribution is 2.44. The van der Waals surface area contributed by atoms with Crippen LogP contribution in [0.4, 0.5) is 0 Å². The minimum absolute atomic E-state index is 0.0564. The molecule has 0 unspecified atom stereocenters. The van der Waals surface area contributed by atoms with E-state index < -0.39 is 11.7 Å². The Morgan fingerprint density at radius 1 is 1.19 bits per heavy atom. The Kier molecular flexibility index (Phi) is 6.84. The summed E-state index contributed by atoms with van der Waals surface area (Å²) in [6.45, 7) is 7.18. The summed E-state index contributed by atoms with van der Waals surface area (Å²) in [6.07, 6.45) is 4.55. The maximum absolute atomic E-state index is 12.7. The van der Waals surface area contributed by atoms with Crippen LogP contribution < -0.4 is 4.74 Å². The van der Waals surface area contributed by atoms with Gasteiger partial charge in [-0.15, -0.1) is 0 Å². The maximum atomic E-state index is 12.7. The smallest absolute Gasteiger partial charge is 0.174 e. The van der Waals surface area contributed by atoms with Crippen molar-refractivity contribution in [1.82, 2.24) is 0 Å². The number of carbonyl (C=O) groups excluding carboxylic acids is 1. The monoisotopic (exact) mass is 440 g/mol. The van der Waals surface area contributed by atoms with Crippen molar-refractivity contribution in [2.75, 3.05) is 0 Å². The molecule has 2 aromatic carbocycles. The van der Waals surface area contributed by atoms with E-state index in [2.05, 4.69) is 6.08 Å². The molecule has 0 amide bonds. The Balaban J connectivity index is 1.76.